The maximum absolute atomic E-state index is 3.53. The third-order valence-corrected chi connectivity index (χ3v) is 5.92. The molecule has 0 aromatic heterocycles. The molecule has 5 heteroatoms. The summed E-state index contributed by atoms with van der Waals surface area (Å²) in [4.78, 5) is 2.48. The van der Waals surface area contributed by atoms with E-state index in [1.165, 1.54) is 9.79 Å². The van der Waals surface area contributed by atoms with Crippen LogP contribution in [0.15, 0.2) is 53.5 Å². The van der Waals surface area contributed by atoms with E-state index in [1.54, 1.807) is 11.8 Å². The Hall–Kier alpha value is 0.0300. The van der Waals surface area contributed by atoms with Gasteiger partial charge in [0.05, 0.1) is 11.4 Å². The lowest BCUT2D eigenvalue weighted by molar-refractivity contribution is 1.29. The highest BCUT2D eigenvalue weighted by Crippen LogP contribution is 2.47. The number of halogens is 3. The highest BCUT2D eigenvalue weighted by molar-refractivity contribution is 9.13. The van der Waals surface area contributed by atoms with Crippen molar-refractivity contribution in [2.75, 3.05) is 5.32 Å². The van der Waals surface area contributed by atoms with Gasteiger partial charge in [0.1, 0.15) is 0 Å². The van der Waals surface area contributed by atoms with Gasteiger partial charge in [-0.1, -0.05) is 27.7 Å². The topological polar surface area (TPSA) is 12.0 Å². The molecule has 0 amide bonds. The van der Waals surface area contributed by atoms with E-state index in [1.807, 2.05) is 0 Å². The Balaban J connectivity index is 2.11. The van der Waals surface area contributed by atoms with Crippen LogP contribution >= 0.6 is 59.6 Å². The fraction of sp³-hybridized carbons (Fsp3) is 0. The maximum Gasteiger partial charge on any atom is 0.0538 e. The van der Waals surface area contributed by atoms with Crippen molar-refractivity contribution in [3.05, 3.63) is 43.7 Å². The first-order chi connectivity index (χ1) is 8.13. The van der Waals surface area contributed by atoms with Gasteiger partial charge in [0.25, 0.3) is 0 Å². The SMILES string of the molecule is Brc1ccc2c(c1)Nc1cc(Br)c(Br)cc1S2. The minimum absolute atomic E-state index is 1.06. The average Bonchev–Trinajstić information content (AvgIpc) is 2.28. The van der Waals surface area contributed by atoms with Crippen molar-refractivity contribution >= 4 is 70.9 Å². The summed E-state index contributed by atoms with van der Waals surface area (Å²) >= 11 is 12.3. The molecule has 0 saturated carbocycles. The fourth-order valence-corrected chi connectivity index (χ4v) is 3.85. The fourth-order valence-electron chi connectivity index (χ4n) is 1.66. The van der Waals surface area contributed by atoms with Gasteiger partial charge in [-0.2, -0.15) is 0 Å². The molecular formula is C12H6Br3NS. The summed E-state index contributed by atoms with van der Waals surface area (Å²) < 4.78 is 3.22. The summed E-state index contributed by atoms with van der Waals surface area (Å²) in [6, 6.07) is 10.5. The lowest BCUT2D eigenvalue weighted by atomic mass is 10.2. The van der Waals surface area contributed by atoms with Crippen LogP contribution in [0.2, 0.25) is 0 Å². The molecule has 0 unspecified atom stereocenters. The summed E-state index contributed by atoms with van der Waals surface area (Å²) in [6.07, 6.45) is 0. The molecule has 0 spiro atoms. The van der Waals surface area contributed by atoms with Crippen LogP contribution in [-0.4, -0.2) is 0 Å². The summed E-state index contributed by atoms with van der Waals surface area (Å²) in [5.41, 5.74) is 2.28. The molecule has 0 fully saturated rings. The van der Waals surface area contributed by atoms with E-state index in [2.05, 4.69) is 83.4 Å². The molecular weight excluding hydrogens is 430 g/mol. The van der Waals surface area contributed by atoms with Crippen molar-refractivity contribution < 1.29 is 0 Å². The molecule has 3 rings (SSSR count). The van der Waals surface area contributed by atoms with Crippen LogP contribution in [0.25, 0.3) is 0 Å². The summed E-state index contributed by atoms with van der Waals surface area (Å²) in [7, 11) is 0. The molecule has 1 nitrogen and oxygen atoms in total. The molecule has 0 radical (unpaired) electrons. The molecule has 0 bridgehead atoms. The summed E-state index contributed by atoms with van der Waals surface area (Å²) in [5.74, 6) is 0. The van der Waals surface area contributed by atoms with Gasteiger partial charge in [0, 0.05) is 23.2 Å². The average molecular weight is 436 g/mol. The first-order valence-corrected chi connectivity index (χ1v) is 8.06. The molecule has 1 aliphatic heterocycles. The van der Waals surface area contributed by atoms with Gasteiger partial charge in [0.15, 0.2) is 0 Å². The van der Waals surface area contributed by atoms with Gasteiger partial charge in [-0.15, -0.1) is 0 Å². The monoisotopic (exact) mass is 433 g/mol. The van der Waals surface area contributed by atoms with Crippen molar-refractivity contribution in [2.24, 2.45) is 0 Å². The Kier molecular flexibility index (Phi) is 3.28. The van der Waals surface area contributed by atoms with Crippen LogP contribution in [0, 0.1) is 0 Å². The molecule has 2 aromatic carbocycles. The normalized spacial score (nSPS) is 12.6. The highest BCUT2D eigenvalue weighted by atomic mass is 79.9. The van der Waals surface area contributed by atoms with E-state index < -0.39 is 0 Å². The zero-order valence-electron chi connectivity index (χ0n) is 8.43. The number of nitrogens with one attached hydrogen (secondary N) is 1. The second-order valence-electron chi connectivity index (χ2n) is 3.63. The first kappa shape index (κ1) is 12.1. The summed E-state index contributed by atoms with van der Waals surface area (Å²) in [5, 5.41) is 3.45. The molecule has 1 N–H and O–H groups in total. The van der Waals surface area contributed by atoms with Gasteiger partial charge >= 0.3 is 0 Å². The molecule has 0 atom stereocenters. The van der Waals surface area contributed by atoms with E-state index in [4.69, 9.17) is 0 Å². The largest absolute Gasteiger partial charge is 0.354 e. The number of anilines is 2. The smallest absolute Gasteiger partial charge is 0.0538 e. The number of fused-ring (bicyclic) bond motifs is 2. The van der Waals surface area contributed by atoms with Crippen molar-refractivity contribution in [1.29, 1.82) is 0 Å². The second kappa shape index (κ2) is 4.61. The highest BCUT2D eigenvalue weighted by Gasteiger charge is 2.17. The van der Waals surface area contributed by atoms with Gasteiger partial charge in [0.2, 0.25) is 0 Å². The Labute approximate surface area is 129 Å². The molecule has 17 heavy (non-hydrogen) atoms. The van der Waals surface area contributed by atoms with Crippen molar-refractivity contribution in [1.82, 2.24) is 0 Å². The minimum Gasteiger partial charge on any atom is -0.354 e. The Morgan fingerprint density at radius 1 is 0.824 bits per heavy atom. The number of benzene rings is 2. The van der Waals surface area contributed by atoms with Crippen molar-refractivity contribution in [3.8, 4) is 0 Å². The van der Waals surface area contributed by atoms with Gasteiger partial charge in [-0.05, 0) is 62.2 Å². The lowest BCUT2D eigenvalue weighted by Gasteiger charge is -2.21. The van der Waals surface area contributed by atoms with Crippen molar-refractivity contribution in [2.45, 2.75) is 9.79 Å². The van der Waals surface area contributed by atoms with E-state index in [0.717, 1.165) is 24.8 Å². The Morgan fingerprint density at radius 2 is 1.53 bits per heavy atom. The van der Waals surface area contributed by atoms with Crippen LogP contribution in [0.1, 0.15) is 0 Å². The van der Waals surface area contributed by atoms with Crippen LogP contribution in [0.4, 0.5) is 11.4 Å². The van der Waals surface area contributed by atoms with Crippen LogP contribution in [-0.2, 0) is 0 Å². The number of hydrogen-bond donors (Lipinski definition) is 1. The molecule has 0 aliphatic carbocycles. The predicted molar refractivity (Wildman–Crippen MR) is 83.4 cm³/mol. The van der Waals surface area contributed by atoms with Gasteiger partial charge < -0.3 is 5.32 Å². The molecule has 86 valence electrons. The third-order valence-electron chi connectivity index (χ3n) is 2.45. The van der Waals surface area contributed by atoms with E-state index in [9.17, 15) is 0 Å². The molecule has 0 saturated heterocycles. The standard InChI is InChI=1S/C12H6Br3NS/c13-6-1-2-11-9(3-6)16-10-4-7(14)8(15)5-12(10)17-11/h1-5,16H. The Morgan fingerprint density at radius 3 is 2.35 bits per heavy atom. The quantitative estimate of drug-likeness (QED) is 0.452. The van der Waals surface area contributed by atoms with E-state index in [-0.39, 0.29) is 0 Å². The van der Waals surface area contributed by atoms with Crippen LogP contribution in [0.5, 0.6) is 0 Å². The Bertz CT molecular complexity index is 613. The van der Waals surface area contributed by atoms with Crippen molar-refractivity contribution in [3.63, 3.8) is 0 Å². The lowest BCUT2D eigenvalue weighted by Crippen LogP contribution is -1.99. The molecule has 2 aromatic rings. The number of hydrogen-bond acceptors (Lipinski definition) is 2. The maximum atomic E-state index is 3.53. The molecule has 1 heterocycles. The third kappa shape index (κ3) is 2.30. The second-order valence-corrected chi connectivity index (χ2v) is 7.34. The van der Waals surface area contributed by atoms with E-state index >= 15 is 0 Å². The van der Waals surface area contributed by atoms with Gasteiger partial charge in [-0.3, -0.25) is 0 Å². The zero-order valence-corrected chi connectivity index (χ0v) is 14.0. The van der Waals surface area contributed by atoms with Gasteiger partial charge in [-0.25, -0.2) is 0 Å². The van der Waals surface area contributed by atoms with Crippen LogP contribution < -0.4 is 5.32 Å². The minimum atomic E-state index is 1.06. The van der Waals surface area contributed by atoms with E-state index in [0.29, 0.717) is 0 Å². The van der Waals surface area contributed by atoms with Crippen LogP contribution in [0.3, 0.4) is 0 Å². The molecule has 1 aliphatic rings. The first-order valence-electron chi connectivity index (χ1n) is 4.87. The number of rotatable bonds is 0. The summed E-state index contributed by atoms with van der Waals surface area (Å²) in [6.45, 7) is 0. The predicted octanol–water partition coefficient (Wildman–Crippen LogP) is 6.18. The zero-order chi connectivity index (χ0) is 12.0.